The summed E-state index contributed by atoms with van der Waals surface area (Å²) in [5.74, 6) is 0.486. The van der Waals surface area contributed by atoms with Crippen molar-refractivity contribution in [3.63, 3.8) is 0 Å². The van der Waals surface area contributed by atoms with Crippen LogP contribution in [0.5, 0.6) is 0 Å². The number of para-hydroxylation sites is 1. The van der Waals surface area contributed by atoms with Crippen molar-refractivity contribution >= 4 is 16.6 Å². The Morgan fingerprint density at radius 1 is 1.10 bits per heavy atom. The molecule has 2 aliphatic carbocycles. The van der Waals surface area contributed by atoms with Crippen LogP contribution in [0.15, 0.2) is 30.5 Å². The minimum atomic E-state index is -0.509. The fourth-order valence-corrected chi connectivity index (χ4v) is 4.51. The van der Waals surface area contributed by atoms with Crippen LogP contribution in [0.1, 0.15) is 44.9 Å². The second-order valence-corrected chi connectivity index (χ2v) is 6.81. The molecule has 0 aliphatic heterocycles. The topological polar surface area (TPSA) is 48.0 Å². The largest absolute Gasteiger partial charge is 0.387 e. The zero-order valence-electron chi connectivity index (χ0n) is 12.4. The lowest BCUT2D eigenvalue weighted by Crippen LogP contribution is -2.56. The van der Waals surface area contributed by atoms with E-state index in [2.05, 4.69) is 34.6 Å². The average Bonchev–Trinajstić information content (AvgIpc) is 2.97. The smallest absolute Gasteiger partial charge is 0.0875 e. The van der Waals surface area contributed by atoms with Crippen molar-refractivity contribution in [1.29, 1.82) is 0 Å². The monoisotopic (exact) mass is 284 g/mol. The number of aromatic nitrogens is 1. The molecule has 1 aromatic carbocycles. The Bertz CT molecular complexity index is 633. The first-order valence-corrected chi connectivity index (χ1v) is 8.32. The molecule has 1 heterocycles. The van der Waals surface area contributed by atoms with Crippen molar-refractivity contribution in [2.45, 2.75) is 56.6 Å². The lowest BCUT2D eigenvalue weighted by Gasteiger charge is -2.49. The summed E-state index contributed by atoms with van der Waals surface area (Å²) in [5, 5.41) is 16.2. The SMILES string of the molecule is O[C@]12CCCC[C@@H]1CCC[C@H]2Nc1cccc2cc[nH]c12. The maximum absolute atomic E-state index is 11.3. The number of nitrogens with one attached hydrogen (secondary N) is 2. The van der Waals surface area contributed by atoms with Crippen LogP contribution in [0.2, 0.25) is 0 Å². The van der Waals surface area contributed by atoms with Gasteiger partial charge in [0.2, 0.25) is 0 Å². The van der Waals surface area contributed by atoms with Crippen LogP contribution < -0.4 is 5.32 Å². The van der Waals surface area contributed by atoms with Gasteiger partial charge in [0.1, 0.15) is 0 Å². The third-order valence-electron chi connectivity index (χ3n) is 5.65. The van der Waals surface area contributed by atoms with Crippen LogP contribution in [0.25, 0.3) is 10.9 Å². The Morgan fingerprint density at radius 3 is 2.95 bits per heavy atom. The summed E-state index contributed by atoms with van der Waals surface area (Å²) >= 11 is 0. The lowest BCUT2D eigenvalue weighted by atomic mass is 9.65. The number of H-pyrrole nitrogens is 1. The minimum Gasteiger partial charge on any atom is -0.387 e. The second kappa shape index (κ2) is 5.06. The molecule has 3 heteroatoms. The van der Waals surface area contributed by atoms with E-state index in [1.807, 2.05) is 6.20 Å². The Morgan fingerprint density at radius 2 is 2.00 bits per heavy atom. The molecule has 3 atom stereocenters. The normalized spacial score (nSPS) is 32.8. The number of aliphatic hydroxyl groups is 1. The summed E-state index contributed by atoms with van der Waals surface area (Å²) in [4.78, 5) is 3.32. The molecule has 0 amide bonds. The minimum absolute atomic E-state index is 0.186. The van der Waals surface area contributed by atoms with E-state index in [0.717, 1.165) is 30.5 Å². The van der Waals surface area contributed by atoms with Gasteiger partial charge in [-0.05, 0) is 43.7 Å². The van der Waals surface area contributed by atoms with E-state index in [0.29, 0.717) is 5.92 Å². The van der Waals surface area contributed by atoms with Gasteiger partial charge >= 0.3 is 0 Å². The average molecular weight is 284 g/mol. The highest BCUT2D eigenvalue weighted by molar-refractivity contribution is 5.91. The highest BCUT2D eigenvalue weighted by Crippen LogP contribution is 2.45. The zero-order chi connectivity index (χ0) is 14.3. The molecule has 2 saturated carbocycles. The third-order valence-corrected chi connectivity index (χ3v) is 5.65. The summed E-state index contributed by atoms with van der Waals surface area (Å²) in [7, 11) is 0. The zero-order valence-corrected chi connectivity index (χ0v) is 12.4. The molecule has 2 fully saturated rings. The molecule has 3 N–H and O–H groups in total. The first-order valence-electron chi connectivity index (χ1n) is 8.32. The lowest BCUT2D eigenvalue weighted by molar-refractivity contribution is -0.0835. The van der Waals surface area contributed by atoms with E-state index < -0.39 is 5.60 Å². The molecule has 1 aromatic heterocycles. The van der Waals surface area contributed by atoms with Gasteiger partial charge in [0.25, 0.3) is 0 Å². The first-order chi connectivity index (χ1) is 10.3. The second-order valence-electron chi connectivity index (χ2n) is 6.81. The molecule has 4 rings (SSSR count). The van der Waals surface area contributed by atoms with Crippen molar-refractivity contribution in [3.05, 3.63) is 30.5 Å². The van der Waals surface area contributed by atoms with Gasteiger partial charge in [0.05, 0.1) is 22.8 Å². The molecule has 112 valence electrons. The molecular weight excluding hydrogens is 260 g/mol. The van der Waals surface area contributed by atoms with E-state index in [9.17, 15) is 5.11 Å². The van der Waals surface area contributed by atoms with Crippen molar-refractivity contribution in [3.8, 4) is 0 Å². The number of hydrogen-bond acceptors (Lipinski definition) is 2. The molecule has 2 aromatic rings. The van der Waals surface area contributed by atoms with Gasteiger partial charge < -0.3 is 15.4 Å². The highest BCUT2D eigenvalue weighted by Gasteiger charge is 2.47. The van der Waals surface area contributed by atoms with E-state index in [-0.39, 0.29) is 6.04 Å². The maximum Gasteiger partial charge on any atom is 0.0875 e. The molecule has 0 radical (unpaired) electrons. The standard InChI is InChI=1S/C18H24N2O/c21-18-11-2-1-6-14(18)7-4-9-16(18)20-15-8-3-5-13-10-12-19-17(13)15/h3,5,8,10,12,14,16,19-21H,1-2,4,6-7,9,11H2/t14-,16-,18-/m1/s1. The van der Waals surface area contributed by atoms with Gasteiger partial charge in [-0.2, -0.15) is 0 Å². The van der Waals surface area contributed by atoms with Crippen LogP contribution in [0, 0.1) is 5.92 Å². The summed E-state index contributed by atoms with van der Waals surface area (Å²) in [6.45, 7) is 0. The van der Waals surface area contributed by atoms with E-state index >= 15 is 0 Å². The van der Waals surface area contributed by atoms with Gasteiger partial charge in [-0.15, -0.1) is 0 Å². The van der Waals surface area contributed by atoms with Crippen molar-refractivity contribution in [2.75, 3.05) is 5.32 Å². The number of aromatic amines is 1. The predicted molar refractivity (Wildman–Crippen MR) is 86.5 cm³/mol. The van der Waals surface area contributed by atoms with Gasteiger partial charge in [0.15, 0.2) is 0 Å². The van der Waals surface area contributed by atoms with Crippen LogP contribution in [0.4, 0.5) is 5.69 Å². The highest BCUT2D eigenvalue weighted by atomic mass is 16.3. The molecule has 0 bridgehead atoms. The molecule has 0 saturated heterocycles. The van der Waals surface area contributed by atoms with Crippen molar-refractivity contribution < 1.29 is 5.11 Å². The summed E-state index contributed by atoms with van der Waals surface area (Å²) < 4.78 is 0. The molecule has 0 unspecified atom stereocenters. The maximum atomic E-state index is 11.3. The van der Waals surface area contributed by atoms with Gasteiger partial charge in [-0.3, -0.25) is 0 Å². The molecule has 0 spiro atoms. The Labute approximate surface area is 125 Å². The van der Waals surface area contributed by atoms with Crippen LogP contribution >= 0.6 is 0 Å². The van der Waals surface area contributed by atoms with E-state index in [4.69, 9.17) is 0 Å². The molecular formula is C18H24N2O. The summed E-state index contributed by atoms with van der Waals surface area (Å²) in [6, 6.07) is 8.61. The van der Waals surface area contributed by atoms with Crippen LogP contribution in [0.3, 0.4) is 0 Å². The third kappa shape index (κ3) is 2.15. The number of rotatable bonds is 2. The number of benzene rings is 1. The number of hydrogen-bond donors (Lipinski definition) is 3. The first kappa shape index (κ1) is 13.2. The van der Waals surface area contributed by atoms with E-state index in [1.54, 1.807) is 0 Å². The Kier molecular flexibility index (Phi) is 3.18. The van der Waals surface area contributed by atoms with Crippen molar-refractivity contribution in [2.24, 2.45) is 5.92 Å². The quantitative estimate of drug-likeness (QED) is 0.779. The molecule has 2 aliphatic rings. The van der Waals surface area contributed by atoms with Gasteiger partial charge in [0, 0.05) is 11.6 Å². The fourth-order valence-electron chi connectivity index (χ4n) is 4.51. The number of anilines is 1. The molecule has 3 nitrogen and oxygen atoms in total. The summed E-state index contributed by atoms with van der Waals surface area (Å²) in [6.07, 6.45) is 10.1. The molecule has 21 heavy (non-hydrogen) atoms. The van der Waals surface area contributed by atoms with E-state index in [1.165, 1.54) is 31.1 Å². The summed E-state index contributed by atoms with van der Waals surface area (Å²) in [5.41, 5.74) is 1.77. The van der Waals surface area contributed by atoms with Crippen molar-refractivity contribution in [1.82, 2.24) is 4.98 Å². The Hall–Kier alpha value is -1.48. The Balaban J connectivity index is 1.65. The van der Waals surface area contributed by atoms with Gasteiger partial charge in [-0.1, -0.05) is 31.4 Å². The number of fused-ring (bicyclic) bond motifs is 2. The van der Waals surface area contributed by atoms with Crippen LogP contribution in [-0.4, -0.2) is 21.7 Å². The fraction of sp³-hybridized carbons (Fsp3) is 0.556. The predicted octanol–water partition coefficient (Wildman–Crippen LogP) is 4.05. The van der Waals surface area contributed by atoms with Crippen LogP contribution in [-0.2, 0) is 0 Å². The van der Waals surface area contributed by atoms with Gasteiger partial charge in [-0.25, -0.2) is 0 Å².